The zero-order chi connectivity index (χ0) is 13.5. The number of benzene rings is 1. The normalized spacial score (nSPS) is 10.6. The number of hydrogen-bond acceptors (Lipinski definition) is 2. The second kappa shape index (κ2) is 6.88. The van der Waals surface area contributed by atoms with Crippen LogP contribution in [0.3, 0.4) is 0 Å². The van der Waals surface area contributed by atoms with E-state index in [1.807, 2.05) is 36.5 Å². The van der Waals surface area contributed by atoms with E-state index < -0.39 is 0 Å². The van der Waals surface area contributed by atoms with Gasteiger partial charge in [-0.1, -0.05) is 44.0 Å². The molecule has 0 unspecified atom stereocenters. The van der Waals surface area contributed by atoms with Crippen molar-refractivity contribution in [2.45, 2.75) is 32.6 Å². The first-order valence-electron chi connectivity index (χ1n) is 6.90. The molecule has 19 heavy (non-hydrogen) atoms. The van der Waals surface area contributed by atoms with E-state index >= 15 is 0 Å². The highest BCUT2D eigenvalue weighted by Gasteiger charge is 2.04. The van der Waals surface area contributed by atoms with Gasteiger partial charge in [-0.2, -0.15) is 0 Å². The van der Waals surface area contributed by atoms with E-state index in [2.05, 4.69) is 17.2 Å². The summed E-state index contributed by atoms with van der Waals surface area (Å²) in [6.07, 6.45) is 5.57. The fourth-order valence-electron chi connectivity index (χ4n) is 2.06. The summed E-state index contributed by atoms with van der Waals surface area (Å²) in [6.45, 7) is 2.92. The molecule has 0 aliphatic heterocycles. The number of fused-ring (bicyclic) bond motifs is 1. The summed E-state index contributed by atoms with van der Waals surface area (Å²) in [4.78, 5) is 16.1. The first kappa shape index (κ1) is 13.5. The minimum Gasteiger partial charge on any atom is -0.356 e. The van der Waals surface area contributed by atoms with Crippen LogP contribution in [0.1, 0.15) is 31.9 Å². The maximum atomic E-state index is 11.8. The van der Waals surface area contributed by atoms with E-state index in [0.29, 0.717) is 6.42 Å². The van der Waals surface area contributed by atoms with Gasteiger partial charge in [0.05, 0.1) is 12.1 Å². The lowest BCUT2D eigenvalue weighted by molar-refractivity contribution is -0.120. The average Bonchev–Trinajstić information content (AvgIpc) is 2.43. The van der Waals surface area contributed by atoms with Crippen LogP contribution in [0.2, 0.25) is 0 Å². The molecule has 1 N–H and O–H groups in total. The van der Waals surface area contributed by atoms with Crippen LogP contribution in [0.15, 0.2) is 36.5 Å². The van der Waals surface area contributed by atoms with Gasteiger partial charge in [-0.05, 0) is 17.9 Å². The van der Waals surface area contributed by atoms with E-state index in [-0.39, 0.29) is 5.91 Å². The molecule has 0 radical (unpaired) electrons. The van der Waals surface area contributed by atoms with Gasteiger partial charge in [0.2, 0.25) is 5.91 Å². The van der Waals surface area contributed by atoms with Crippen LogP contribution in [-0.4, -0.2) is 17.4 Å². The number of amides is 1. The topological polar surface area (TPSA) is 42.0 Å². The van der Waals surface area contributed by atoms with Crippen LogP contribution in [0, 0.1) is 0 Å². The number of nitrogens with one attached hydrogen (secondary N) is 1. The molecule has 100 valence electrons. The number of rotatable bonds is 6. The first-order valence-corrected chi connectivity index (χ1v) is 6.90. The van der Waals surface area contributed by atoms with Crippen LogP contribution in [0.4, 0.5) is 0 Å². The Balaban J connectivity index is 1.91. The third-order valence-corrected chi connectivity index (χ3v) is 3.13. The van der Waals surface area contributed by atoms with Crippen molar-refractivity contribution in [3.05, 3.63) is 42.2 Å². The Bertz CT molecular complexity index is 551. The molecule has 0 atom stereocenters. The van der Waals surface area contributed by atoms with Gasteiger partial charge in [0.1, 0.15) is 0 Å². The molecular weight excluding hydrogens is 236 g/mol. The fourth-order valence-corrected chi connectivity index (χ4v) is 2.06. The Morgan fingerprint density at radius 3 is 2.79 bits per heavy atom. The van der Waals surface area contributed by atoms with Crippen molar-refractivity contribution in [2.75, 3.05) is 6.54 Å². The smallest absolute Gasteiger partial charge is 0.226 e. The maximum Gasteiger partial charge on any atom is 0.226 e. The predicted molar refractivity (Wildman–Crippen MR) is 78.0 cm³/mol. The Kier molecular flexibility index (Phi) is 4.90. The molecule has 3 nitrogen and oxygen atoms in total. The lowest BCUT2D eigenvalue weighted by Crippen LogP contribution is -2.26. The fraction of sp³-hybridized carbons (Fsp3) is 0.375. The molecule has 0 saturated heterocycles. The summed E-state index contributed by atoms with van der Waals surface area (Å²) < 4.78 is 0. The Morgan fingerprint density at radius 2 is 2.00 bits per heavy atom. The molecule has 0 aliphatic carbocycles. The molecule has 0 bridgehead atoms. The van der Waals surface area contributed by atoms with E-state index in [1.165, 1.54) is 6.42 Å². The molecule has 2 rings (SSSR count). The number of carbonyl (C=O) groups is 1. The van der Waals surface area contributed by atoms with E-state index in [4.69, 9.17) is 0 Å². The number of pyridine rings is 1. The third-order valence-electron chi connectivity index (χ3n) is 3.13. The minimum absolute atomic E-state index is 0.0545. The summed E-state index contributed by atoms with van der Waals surface area (Å²) in [6, 6.07) is 10.0. The van der Waals surface area contributed by atoms with E-state index in [0.717, 1.165) is 35.9 Å². The SMILES string of the molecule is CCCCCNC(=O)Cc1cc2ccccc2cn1. The molecule has 1 heterocycles. The third kappa shape index (κ3) is 4.05. The van der Waals surface area contributed by atoms with E-state index in [9.17, 15) is 4.79 Å². The monoisotopic (exact) mass is 256 g/mol. The van der Waals surface area contributed by atoms with Gasteiger partial charge in [-0.15, -0.1) is 0 Å². The molecule has 0 fully saturated rings. The van der Waals surface area contributed by atoms with Crippen molar-refractivity contribution in [3.8, 4) is 0 Å². The largest absolute Gasteiger partial charge is 0.356 e. The van der Waals surface area contributed by atoms with Crippen LogP contribution >= 0.6 is 0 Å². The zero-order valence-electron chi connectivity index (χ0n) is 11.4. The van der Waals surface area contributed by atoms with Crippen LogP contribution in [0.5, 0.6) is 0 Å². The second-order valence-corrected chi connectivity index (χ2v) is 4.76. The zero-order valence-corrected chi connectivity index (χ0v) is 11.4. The summed E-state index contributed by atoms with van der Waals surface area (Å²) in [5, 5.41) is 5.17. The number of unbranched alkanes of at least 4 members (excludes halogenated alkanes) is 2. The highest BCUT2D eigenvalue weighted by molar-refractivity contribution is 5.84. The molecule has 0 spiro atoms. The summed E-state index contributed by atoms with van der Waals surface area (Å²) in [5.74, 6) is 0.0545. The van der Waals surface area contributed by atoms with Crippen LogP contribution in [-0.2, 0) is 11.2 Å². The van der Waals surface area contributed by atoms with Crippen molar-refractivity contribution >= 4 is 16.7 Å². The van der Waals surface area contributed by atoms with Gasteiger partial charge in [-0.25, -0.2) is 0 Å². The van der Waals surface area contributed by atoms with Crippen LogP contribution in [0.25, 0.3) is 10.8 Å². The lowest BCUT2D eigenvalue weighted by atomic mass is 10.1. The molecule has 0 aliphatic rings. The van der Waals surface area contributed by atoms with Crippen molar-refractivity contribution in [1.29, 1.82) is 0 Å². The molecule has 1 aromatic heterocycles. The van der Waals surface area contributed by atoms with Gasteiger partial charge >= 0.3 is 0 Å². The first-order chi connectivity index (χ1) is 9.29. The molecule has 0 saturated carbocycles. The average molecular weight is 256 g/mol. The highest BCUT2D eigenvalue weighted by Crippen LogP contribution is 2.13. The second-order valence-electron chi connectivity index (χ2n) is 4.76. The van der Waals surface area contributed by atoms with Crippen LogP contribution < -0.4 is 5.32 Å². The van der Waals surface area contributed by atoms with Crippen molar-refractivity contribution in [2.24, 2.45) is 0 Å². The summed E-state index contributed by atoms with van der Waals surface area (Å²) >= 11 is 0. The van der Waals surface area contributed by atoms with E-state index in [1.54, 1.807) is 0 Å². The Hall–Kier alpha value is -1.90. The summed E-state index contributed by atoms with van der Waals surface area (Å²) in [7, 11) is 0. The highest BCUT2D eigenvalue weighted by atomic mass is 16.1. The van der Waals surface area contributed by atoms with Crippen molar-refractivity contribution < 1.29 is 4.79 Å². The van der Waals surface area contributed by atoms with Gasteiger partial charge in [0.25, 0.3) is 0 Å². The Labute approximate surface area is 114 Å². The van der Waals surface area contributed by atoms with Crippen molar-refractivity contribution in [1.82, 2.24) is 10.3 Å². The molecule has 1 amide bonds. The lowest BCUT2D eigenvalue weighted by Gasteiger charge is -2.05. The number of nitrogens with zero attached hydrogens (tertiary/aromatic N) is 1. The molecule has 3 heteroatoms. The minimum atomic E-state index is 0.0545. The summed E-state index contributed by atoms with van der Waals surface area (Å²) in [5.41, 5.74) is 0.826. The molecular formula is C16H20N2O. The predicted octanol–water partition coefficient (Wildman–Crippen LogP) is 3.08. The quantitative estimate of drug-likeness (QED) is 0.807. The van der Waals surface area contributed by atoms with Gasteiger partial charge in [0, 0.05) is 18.1 Å². The molecule has 2 aromatic rings. The maximum absolute atomic E-state index is 11.8. The number of hydrogen-bond donors (Lipinski definition) is 1. The van der Waals surface area contributed by atoms with Gasteiger partial charge < -0.3 is 5.32 Å². The number of carbonyl (C=O) groups excluding carboxylic acids is 1. The Morgan fingerprint density at radius 1 is 1.21 bits per heavy atom. The van der Waals surface area contributed by atoms with Gasteiger partial charge in [-0.3, -0.25) is 9.78 Å². The van der Waals surface area contributed by atoms with Crippen molar-refractivity contribution in [3.63, 3.8) is 0 Å². The standard InChI is InChI=1S/C16H20N2O/c1-2-3-6-9-17-16(19)11-15-10-13-7-4-5-8-14(13)12-18-15/h4-5,7-8,10,12H,2-3,6,9,11H2,1H3,(H,17,19). The molecule has 1 aromatic carbocycles. The van der Waals surface area contributed by atoms with Gasteiger partial charge in [0.15, 0.2) is 0 Å². The number of aromatic nitrogens is 1.